The third kappa shape index (κ3) is 4.79. The minimum atomic E-state index is 0.665. The summed E-state index contributed by atoms with van der Waals surface area (Å²) in [5.41, 5.74) is 2.48. The molecule has 1 aromatic carbocycles. The van der Waals surface area contributed by atoms with Crippen molar-refractivity contribution in [3.63, 3.8) is 0 Å². The van der Waals surface area contributed by atoms with E-state index in [1.165, 1.54) is 35.4 Å². The summed E-state index contributed by atoms with van der Waals surface area (Å²) in [6.07, 6.45) is 0. The molecule has 0 spiro atoms. The fourth-order valence-electron chi connectivity index (χ4n) is 2.39. The number of nitrogens with one attached hydrogen (secondary N) is 2. The maximum Gasteiger partial charge on any atom is 0.0351 e. The number of anilines is 1. The lowest BCUT2D eigenvalue weighted by atomic mass is 10.1. The Morgan fingerprint density at radius 2 is 2.11 bits per heavy atom. The average molecular weight is 326 g/mol. The third-order valence-electron chi connectivity index (χ3n) is 3.61. The first-order valence-corrected chi connectivity index (χ1v) is 7.87. The summed E-state index contributed by atoms with van der Waals surface area (Å²) in [6.45, 7) is 11.3. The van der Waals surface area contributed by atoms with Gasteiger partial charge in [-0.1, -0.05) is 28.9 Å². The molecule has 1 fully saturated rings. The SMILES string of the molecule is Cc1ccc(NCC(C)CN2CCNCC2)cc1Br. The van der Waals surface area contributed by atoms with Crippen LogP contribution in [0.15, 0.2) is 22.7 Å². The van der Waals surface area contributed by atoms with E-state index in [0.29, 0.717) is 5.92 Å². The van der Waals surface area contributed by atoms with Gasteiger partial charge in [-0.3, -0.25) is 0 Å². The molecule has 1 atom stereocenters. The molecule has 0 amide bonds. The number of nitrogens with zero attached hydrogens (tertiary/aromatic N) is 1. The normalized spacial score (nSPS) is 18.3. The Morgan fingerprint density at radius 3 is 2.79 bits per heavy atom. The molecule has 1 unspecified atom stereocenters. The van der Waals surface area contributed by atoms with Gasteiger partial charge in [-0.05, 0) is 30.5 Å². The molecule has 0 radical (unpaired) electrons. The molecule has 1 aromatic rings. The largest absolute Gasteiger partial charge is 0.385 e. The molecule has 106 valence electrons. The standard InChI is InChI=1S/C15H24BrN3/c1-12(11-19-7-5-17-6-8-19)10-18-14-4-3-13(2)15(16)9-14/h3-4,9,12,17-18H,5-8,10-11H2,1-2H3. The van der Waals surface area contributed by atoms with Gasteiger partial charge in [0, 0.05) is 49.4 Å². The molecule has 0 aliphatic carbocycles. The van der Waals surface area contributed by atoms with Crippen molar-refractivity contribution in [2.75, 3.05) is 44.6 Å². The third-order valence-corrected chi connectivity index (χ3v) is 4.46. The lowest BCUT2D eigenvalue weighted by Gasteiger charge is -2.29. The lowest BCUT2D eigenvalue weighted by molar-refractivity contribution is 0.215. The second-order valence-corrected chi connectivity index (χ2v) is 6.35. The van der Waals surface area contributed by atoms with Gasteiger partial charge >= 0.3 is 0 Å². The Kier molecular flexibility index (Phi) is 5.67. The fourth-order valence-corrected chi connectivity index (χ4v) is 2.77. The minimum absolute atomic E-state index is 0.665. The molecule has 1 aliphatic heterocycles. The second kappa shape index (κ2) is 7.27. The van der Waals surface area contributed by atoms with Crippen LogP contribution in [0, 0.1) is 12.8 Å². The van der Waals surface area contributed by atoms with E-state index in [1.54, 1.807) is 0 Å². The maximum absolute atomic E-state index is 3.58. The van der Waals surface area contributed by atoms with Crippen LogP contribution >= 0.6 is 15.9 Å². The van der Waals surface area contributed by atoms with Crippen LogP contribution in [0.1, 0.15) is 12.5 Å². The van der Waals surface area contributed by atoms with Gasteiger partial charge in [0.2, 0.25) is 0 Å². The average Bonchev–Trinajstić information content (AvgIpc) is 2.41. The number of benzene rings is 1. The van der Waals surface area contributed by atoms with Crippen molar-refractivity contribution in [1.82, 2.24) is 10.2 Å². The van der Waals surface area contributed by atoms with Crippen molar-refractivity contribution in [1.29, 1.82) is 0 Å². The molecule has 1 saturated heterocycles. The van der Waals surface area contributed by atoms with E-state index in [0.717, 1.165) is 19.6 Å². The van der Waals surface area contributed by atoms with Crippen LogP contribution < -0.4 is 10.6 Å². The highest BCUT2D eigenvalue weighted by atomic mass is 79.9. The summed E-state index contributed by atoms with van der Waals surface area (Å²) >= 11 is 3.58. The Bertz CT molecular complexity index is 402. The van der Waals surface area contributed by atoms with Gasteiger partial charge in [-0.15, -0.1) is 0 Å². The molecule has 3 nitrogen and oxygen atoms in total. The van der Waals surface area contributed by atoms with Crippen LogP contribution in [0.25, 0.3) is 0 Å². The fraction of sp³-hybridized carbons (Fsp3) is 0.600. The van der Waals surface area contributed by atoms with Crippen LogP contribution in [-0.2, 0) is 0 Å². The zero-order chi connectivity index (χ0) is 13.7. The zero-order valence-corrected chi connectivity index (χ0v) is 13.5. The molecule has 0 bridgehead atoms. The minimum Gasteiger partial charge on any atom is -0.385 e. The van der Waals surface area contributed by atoms with Crippen LogP contribution in [0.5, 0.6) is 0 Å². The van der Waals surface area contributed by atoms with Crippen molar-refractivity contribution in [3.05, 3.63) is 28.2 Å². The maximum atomic E-state index is 3.58. The summed E-state index contributed by atoms with van der Waals surface area (Å²) in [7, 11) is 0. The Morgan fingerprint density at radius 1 is 1.37 bits per heavy atom. The van der Waals surface area contributed by atoms with E-state index in [2.05, 4.69) is 63.5 Å². The van der Waals surface area contributed by atoms with Crippen LogP contribution in [0.2, 0.25) is 0 Å². The first kappa shape index (κ1) is 14.8. The van der Waals surface area contributed by atoms with Crippen molar-refractivity contribution < 1.29 is 0 Å². The van der Waals surface area contributed by atoms with Gasteiger partial charge < -0.3 is 15.5 Å². The van der Waals surface area contributed by atoms with E-state index >= 15 is 0 Å². The first-order valence-electron chi connectivity index (χ1n) is 7.08. The number of rotatable bonds is 5. The highest BCUT2D eigenvalue weighted by Crippen LogP contribution is 2.20. The predicted molar refractivity (Wildman–Crippen MR) is 85.8 cm³/mol. The van der Waals surface area contributed by atoms with E-state index in [1.807, 2.05) is 0 Å². The van der Waals surface area contributed by atoms with E-state index < -0.39 is 0 Å². The molecule has 0 aromatic heterocycles. The predicted octanol–water partition coefficient (Wildman–Crippen LogP) is 2.71. The lowest BCUT2D eigenvalue weighted by Crippen LogP contribution is -2.45. The van der Waals surface area contributed by atoms with Gasteiger partial charge in [0.05, 0.1) is 0 Å². The van der Waals surface area contributed by atoms with Gasteiger partial charge in [0.25, 0.3) is 0 Å². The van der Waals surface area contributed by atoms with E-state index in [9.17, 15) is 0 Å². The van der Waals surface area contributed by atoms with Gasteiger partial charge in [-0.2, -0.15) is 0 Å². The number of halogens is 1. The van der Waals surface area contributed by atoms with Gasteiger partial charge in [0.15, 0.2) is 0 Å². The zero-order valence-electron chi connectivity index (χ0n) is 11.9. The second-order valence-electron chi connectivity index (χ2n) is 5.50. The van der Waals surface area contributed by atoms with E-state index in [-0.39, 0.29) is 0 Å². The molecular weight excluding hydrogens is 302 g/mol. The highest BCUT2D eigenvalue weighted by molar-refractivity contribution is 9.10. The monoisotopic (exact) mass is 325 g/mol. The van der Waals surface area contributed by atoms with Gasteiger partial charge in [-0.25, -0.2) is 0 Å². The molecule has 1 aliphatic rings. The smallest absolute Gasteiger partial charge is 0.0351 e. The van der Waals surface area contributed by atoms with Gasteiger partial charge in [0.1, 0.15) is 0 Å². The number of piperazine rings is 1. The summed E-state index contributed by atoms with van der Waals surface area (Å²) in [5, 5.41) is 6.92. The molecule has 4 heteroatoms. The first-order chi connectivity index (χ1) is 9.15. The molecule has 19 heavy (non-hydrogen) atoms. The topological polar surface area (TPSA) is 27.3 Å². The highest BCUT2D eigenvalue weighted by Gasteiger charge is 2.12. The summed E-state index contributed by atoms with van der Waals surface area (Å²) < 4.78 is 1.17. The number of hydrogen-bond donors (Lipinski definition) is 2. The summed E-state index contributed by atoms with van der Waals surface area (Å²) in [4.78, 5) is 2.55. The molecule has 1 heterocycles. The molecule has 0 saturated carbocycles. The Labute approximate surface area is 124 Å². The quantitative estimate of drug-likeness (QED) is 0.871. The Hall–Kier alpha value is -0.580. The summed E-state index contributed by atoms with van der Waals surface area (Å²) in [6, 6.07) is 6.46. The van der Waals surface area contributed by atoms with Crippen LogP contribution in [-0.4, -0.2) is 44.2 Å². The molecule has 2 N–H and O–H groups in total. The van der Waals surface area contributed by atoms with Crippen molar-refractivity contribution in [2.45, 2.75) is 13.8 Å². The Balaban J connectivity index is 1.75. The molecular formula is C15H24BrN3. The molecule has 2 rings (SSSR count). The van der Waals surface area contributed by atoms with E-state index in [4.69, 9.17) is 0 Å². The van der Waals surface area contributed by atoms with Crippen LogP contribution in [0.4, 0.5) is 5.69 Å². The number of aryl methyl sites for hydroxylation is 1. The van der Waals surface area contributed by atoms with Crippen molar-refractivity contribution in [3.8, 4) is 0 Å². The summed E-state index contributed by atoms with van der Waals surface area (Å²) in [5.74, 6) is 0.665. The van der Waals surface area contributed by atoms with Crippen molar-refractivity contribution in [2.24, 2.45) is 5.92 Å². The van der Waals surface area contributed by atoms with Crippen molar-refractivity contribution >= 4 is 21.6 Å². The van der Waals surface area contributed by atoms with Crippen LogP contribution in [0.3, 0.4) is 0 Å². The number of hydrogen-bond acceptors (Lipinski definition) is 3.